The van der Waals surface area contributed by atoms with Crippen LogP contribution in [0.2, 0.25) is 0 Å². The zero-order chi connectivity index (χ0) is 13.7. The summed E-state index contributed by atoms with van der Waals surface area (Å²) in [5, 5.41) is 3.07. The second-order valence-electron chi connectivity index (χ2n) is 5.03. The Morgan fingerprint density at radius 2 is 1.84 bits per heavy atom. The number of benzene rings is 1. The first kappa shape index (κ1) is 14.9. The molecule has 106 valence electrons. The van der Waals surface area contributed by atoms with Gasteiger partial charge in [0.25, 0.3) is 0 Å². The lowest BCUT2D eigenvalue weighted by molar-refractivity contribution is 0.484. The van der Waals surface area contributed by atoms with E-state index in [9.17, 15) is 8.42 Å². The Kier molecular flexibility index (Phi) is 5.28. The second-order valence-corrected chi connectivity index (χ2v) is 8.29. The summed E-state index contributed by atoms with van der Waals surface area (Å²) in [5.74, 6) is 0.221. The van der Waals surface area contributed by atoms with Crippen LogP contribution >= 0.6 is 15.9 Å². The summed E-state index contributed by atoms with van der Waals surface area (Å²) in [7, 11) is -2.94. The van der Waals surface area contributed by atoms with E-state index in [2.05, 4.69) is 21.2 Å². The summed E-state index contributed by atoms with van der Waals surface area (Å²) in [4.78, 5) is 0. The van der Waals surface area contributed by atoms with Crippen molar-refractivity contribution in [3.63, 3.8) is 0 Å². The van der Waals surface area contributed by atoms with Crippen molar-refractivity contribution in [3.8, 4) is 0 Å². The molecule has 0 bridgehead atoms. The van der Waals surface area contributed by atoms with Crippen LogP contribution in [-0.2, 0) is 9.84 Å². The lowest BCUT2D eigenvalue weighted by Gasteiger charge is -2.21. The average Bonchev–Trinajstić information content (AvgIpc) is 2.42. The van der Waals surface area contributed by atoms with Crippen LogP contribution < -0.4 is 5.32 Å². The van der Waals surface area contributed by atoms with E-state index >= 15 is 0 Å². The van der Waals surface area contributed by atoms with Gasteiger partial charge in [-0.25, -0.2) is 8.42 Å². The van der Waals surface area contributed by atoms with Crippen LogP contribution in [0.1, 0.15) is 32.1 Å². The number of hydrogen-bond acceptors (Lipinski definition) is 3. The monoisotopic (exact) mass is 345 g/mol. The minimum absolute atomic E-state index is 0.109. The molecular weight excluding hydrogens is 326 g/mol. The van der Waals surface area contributed by atoms with Crippen molar-refractivity contribution in [2.75, 3.05) is 17.6 Å². The number of anilines is 1. The maximum atomic E-state index is 12.2. The first-order chi connectivity index (χ1) is 9.09. The van der Waals surface area contributed by atoms with Crippen LogP contribution in [0.4, 0.5) is 5.69 Å². The van der Waals surface area contributed by atoms with Gasteiger partial charge in [-0.3, -0.25) is 0 Å². The molecule has 5 heteroatoms. The Labute approximate surface area is 123 Å². The molecule has 19 heavy (non-hydrogen) atoms. The van der Waals surface area contributed by atoms with Gasteiger partial charge in [0, 0.05) is 16.7 Å². The Balaban J connectivity index is 1.86. The van der Waals surface area contributed by atoms with E-state index in [0.717, 1.165) is 35.8 Å². The van der Waals surface area contributed by atoms with Gasteiger partial charge in [-0.05, 0) is 40.9 Å². The zero-order valence-corrected chi connectivity index (χ0v) is 13.3. The van der Waals surface area contributed by atoms with Crippen LogP contribution in [0.15, 0.2) is 28.7 Å². The van der Waals surface area contributed by atoms with E-state index in [1.54, 1.807) is 0 Å². The van der Waals surface area contributed by atoms with Gasteiger partial charge in [-0.15, -0.1) is 0 Å². The van der Waals surface area contributed by atoms with E-state index in [-0.39, 0.29) is 11.0 Å². The third kappa shape index (κ3) is 4.21. The fourth-order valence-corrected chi connectivity index (χ4v) is 4.72. The van der Waals surface area contributed by atoms with Gasteiger partial charge in [0.15, 0.2) is 9.84 Å². The smallest absolute Gasteiger partial charge is 0.154 e. The van der Waals surface area contributed by atoms with Gasteiger partial charge < -0.3 is 5.32 Å². The van der Waals surface area contributed by atoms with Gasteiger partial charge in [-0.1, -0.05) is 31.4 Å². The van der Waals surface area contributed by atoms with Gasteiger partial charge in [-0.2, -0.15) is 0 Å². The molecule has 0 atom stereocenters. The highest BCUT2D eigenvalue weighted by Gasteiger charge is 2.26. The standard InChI is InChI=1S/C14H20BrNO2S/c15-13-8-4-5-9-14(13)16-10-11-19(17,18)12-6-2-1-3-7-12/h4-5,8-9,12,16H,1-3,6-7,10-11H2. The molecule has 0 radical (unpaired) electrons. The molecule has 2 rings (SSSR count). The van der Waals surface area contributed by atoms with Crippen LogP contribution in [-0.4, -0.2) is 26.0 Å². The summed E-state index contributed by atoms with van der Waals surface area (Å²) in [6.45, 7) is 0.474. The normalized spacial score (nSPS) is 17.3. The molecule has 3 nitrogen and oxygen atoms in total. The highest BCUT2D eigenvalue weighted by molar-refractivity contribution is 9.10. The SMILES string of the molecule is O=S(=O)(CCNc1ccccc1Br)C1CCCCC1. The van der Waals surface area contributed by atoms with Crippen LogP contribution in [0.3, 0.4) is 0 Å². The molecular formula is C14H20BrNO2S. The van der Waals surface area contributed by atoms with E-state index in [0.29, 0.717) is 6.54 Å². The Hall–Kier alpha value is -0.550. The molecule has 1 aromatic carbocycles. The first-order valence-corrected chi connectivity index (χ1v) is 9.30. The van der Waals surface area contributed by atoms with Crippen molar-refractivity contribution >= 4 is 31.5 Å². The topological polar surface area (TPSA) is 46.2 Å². The first-order valence-electron chi connectivity index (χ1n) is 6.79. The number of nitrogens with one attached hydrogen (secondary N) is 1. The molecule has 1 saturated carbocycles. The van der Waals surface area contributed by atoms with E-state index in [1.165, 1.54) is 6.42 Å². The van der Waals surface area contributed by atoms with Gasteiger partial charge >= 0.3 is 0 Å². The lowest BCUT2D eigenvalue weighted by atomic mass is 10.0. The van der Waals surface area contributed by atoms with Crippen molar-refractivity contribution in [3.05, 3.63) is 28.7 Å². The van der Waals surface area contributed by atoms with Gasteiger partial charge in [0.05, 0.1) is 11.0 Å². The number of para-hydroxylation sites is 1. The molecule has 0 aliphatic heterocycles. The zero-order valence-electron chi connectivity index (χ0n) is 10.9. The minimum Gasteiger partial charge on any atom is -0.383 e. The van der Waals surface area contributed by atoms with Crippen molar-refractivity contribution < 1.29 is 8.42 Å². The summed E-state index contributed by atoms with van der Waals surface area (Å²) in [6.07, 6.45) is 4.99. The quantitative estimate of drug-likeness (QED) is 0.886. The van der Waals surface area contributed by atoms with Crippen LogP contribution in [0, 0.1) is 0 Å². The minimum atomic E-state index is -2.94. The summed E-state index contributed by atoms with van der Waals surface area (Å²) >= 11 is 3.44. The third-order valence-electron chi connectivity index (χ3n) is 3.64. The largest absolute Gasteiger partial charge is 0.383 e. The van der Waals surface area contributed by atoms with Gasteiger partial charge in [0.2, 0.25) is 0 Å². The lowest BCUT2D eigenvalue weighted by Crippen LogP contribution is -2.29. The van der Waals surface area contributed by atoms with Crippen molar-refractivity contribution in [1.29, 1.82) is 0 Å². The second kappa shape index (κ2) is 6.75. The highest BCUT2D eigenvalue weighted by atomic mass is 79.9. The Bertz CT molecular complexity index is 510. The molecule has 0 saturated heterocycles. The number of halogens is 1. The predicted octanol–water partition coefficient (Wildman–Crippen LogP) is 3.61. The average molecular weight is 346 g/mol. The number of hydrogen-bond donors (Lipinski definition) is 1. The highest BCUT2D eigenvalue weighted by Crippen LogP contribution is 2.25. The van der Waals surface area contributed by atoms with Crippen LogP contribution in [0.25, 0.3) is 0 Å². The van der Waals surface area contributed by atoms with E-state index < -0.39 is 9.84 Å². The molecule has 0 heterocycles. The Morgan fingerprint density at radius 3 is 2.53 bits per heavy atom. The van der Waals surface area contributed by atoms with Crippen molar-refractivity contribution in [2.24, 2.45) is 0 Å². The van der Waals surface area contributed by atoms with Crippen molar-refractivity contribution in [2.45, 2.75) is 37.4 Å². The fraction of sp³-hybridized carbons (Fsp3) is 0.571. The van der Waals surface area contributed by atoms with Gasteiger partial charge in [0.1, 0.15) is 0 Å². The molecule has 1 aliphatic carbocycles. The molecule has 1 aromatic rings. The summed E-state index contributed by atoms with van der Waals surface area (Å²) in [5.41, 5.74) is 0.946. The third-order valence-corrected chi connectivity index (χ3v) is 6.59. The fourth-order valence-electron chi connectivity index (χ4n) is 2.52. The molecule has 1 fully saturated rings. The Morgan fingerprint density at radius 1 is 1.16 bits per heavy atom. The van der Waals surface area contributed by atoms with Crippen LogP contribution in [0.5, 0.6) is 0 Å². The summed E-state index contributed by atoms with van der Waals surface area (Å²) in [6, 6.07) is 7.76. The molecule has 1 aliphatic rings. The maximum absolute atomic E-state index is 12.2. The molecule has 0 spiro atoms. The summed E-state index contributed by atoms with van der Waals surface area (Å²) < 4.78 is 25.4. The molecule has 0 amide bonds. The number of rotatable bonds is 5. The molecule has 1 N–H and O–H groups in total. The number of sulfone groups is 1. The molecule has 0 unspecified atom stereocenters. The van der Waals surface area contributed by atoms with E-state index in [4.69, 9.17) is 0 Å². The van der Waals surface area contributed by atoms with E-state index in [1.807, 2.05) is 24.3 Å². The predicted molar refractivity (Wildman–Crippen MR) is 83.3 cm³/mol. The van der Waals surface area contributed by atoms with Crippen molar-refractivity contribution in [1.82, 2.24) is 0 Å². The molecule has 0 aromatic heterocycles. The maximum Gasteiger partial charge on any atom is 0.154 e.